The predicted octanol–water partition coefficient (Wildman–Crippen LogP) is 5.88. The minimum Gasteiger partial charge on any atom is -0.508 e. The molecule has 156 valence electrons. The minimum atomic E-state index is -0.361. The third-order valence-corrected chi connectivity index (χ3v) is 5.38. The summed E-state index contributed by atoms with van der Waals surface area (Å²) in [5, 5.41) is 9.83. The number of ketones is 1. The Morgan fingerprint density at radius 2 is 1.57 bits per heavy atom. The fourth-order valence-corrected chi connectivity index (χ4v) is 3.84. The molecular formula is C23H34O5. The van der Waals surface area contributed by atoms with Gasteiger partial charge in [-0.1, -0.05) is 51.4 Å². The van der Waals surface area contributed by atoms with Gasteiger partial charge in [-0.15, -0.1) is 0 Å². The zero-order chi connectivity index (χ0) is 20.4. The number of ether oxygens (including phenoxy) is 2. The molecule has 1 atom stereocenters. The summed E-state index contributed by atoms with van der Waals surface area (Å²) in [6, 6.07) is 3.07. The average Bonchev–Trinajstić information content (AvgIpc) is 2.97. The van der Waals surface area contributed by atoms with E-state index in [1.54, 1.807) is 13.0 Å². The molecular weight excluding hydrogens is 356 g/mol. The minimum absolute atomic E-state index is 0.0974. The molecule has 1 aliphatic heterocycles. The summed E-state index contributed by atoms with van der Waals surface area (Å²) in [6.07, 6.45) is 13.0. The van der Waals surface area contributed by atoms with Gasteiger partial charge in [0.05, 0.1) is 7.11 Å². The Hall–Kier alpha value is -2.04. The van der Waals surface area contributed by atoms with Crippen LogP contribution in [-0.2, 0) is 9.53 Å². The fraction of sp³-hybridized carbons (Fsp3) is 0.652. The second-order valence-corrected chi connectivity index (χ2v) is 7.78. The summed E-state index contributed by atoms with van der Waals surface area (Å²) in [5.74, 6) is 0.413. The van der Waals surface area contributed by atoms with Crippen molar-refractivity contribution in [1.82, 2.24) is 0 Å². The fourth-order valence-electron chi connectivity index (χ4n) is 3.84. The van der Waals surface area contributed by atoms with E-state index in [-0.39, 0.29) is 17.8 Å². The highest BCUT2D eigenvalue weighted by molar-refractivity contribution is 5.97. The van der Waals surface area contributed by atoms with Crippen molar-refractivity contribution in [2.45, 2.75) is 90.1 Å². The highest BCUT2D eigenvalue weighted by atomic mass is 16.6. The van der Waals surface area contributed by atoms with Gasteiger partial charge in [0.25, 0.3) is 0 Å². The van der Waals surface area contributed by atoms with Crippen LogP contribution in [0.2, 0.25) is 0 Å². The lowest BCUT2D eigenvalue weighted by atomic mass is 9.98. The van der Waals surface area contributed by atoms with Gasteiger partial charge in [0, 0.05) is 18.1 Å². The molecule has 0 amide bonds. The van der Waals surface area contributed by atoms with E-state index in [2.05, 4.69) is 0 Å². The van der Waals surface area contributed by atoms with Crippen molar-refractivity contribution < 1.29 is 24.2 Å². The van der Waals surface area contributed by atoms with Crippen LogP contribution in [0.1, 0.15) is 106 Å². The highest BCUT2D eigenvalue weighted by Gasteiger charge is 2.34. The molecule has 0 radical (unpaired) electrons. The summed E-state index contributed by atoms with van der Waals surface area (Å²) in [7, 11) is 1.49. The third-order valence-electron chi connectivity index (χ3n) is 5.38. The van der Waals surface area contributed by atoms with Gasteiger partial charge in [-0.2, -0.15) is 0 Å². The molecule has 0 bridgehead atoms. The molecule has 1 N–H and O–H groups in total. The molecule has 28 heavy (non-hydrogen) atoms. The SMILES string of the molecule is COc1cc(O)cc2c1C(=O)OC2CCCCCCCCCCCCC(C)=O. The monoisotopic (exact) mass is 390 g/mol. The summed E-state index contributed by atoms with van der Waals surface area (Å²) in [6.45, 7) is 1.66. The van der Waals surface area contributed by atoms with Gasteiger partial charge in [0.2, 0.25) is 0 Å². The van der Waals surface area contributed by atoms with Crippen LogP contribution in [0.4, 0.5) is 0 Å². The van der Waals surface area contributed by atoms with E-state index < -0.39 is 0 Å². The Morgan fingerprint density at radius 3 is 2.14 bits per heavy atom. The number of Topliss-reactive ketones (excluding diaryl/α,β-unsaturated/α-hetero) is 1. The lowest BCUT2D eigenvalue weighted by molar-refractivity contribution is -0.117. The molecule has 0 spiro atoms. The van der Waals surface area contributed by atoms with Crippen molar-refractivity contribution in [3.05, 3.63) is 23.3 Å². The van der Waals surface area contributed by atoms with Crippen LogP contribution in [0, 0.1) is 0 Å². The molecule has 5 nitrogen and oxygen atoms in total. The quantitative estimate of drug-likeness (QED) is 0.317. The van der Waals surface area contributed by atoms with Crippen LogP contribution < -0.4 is 4.74 Å². The zero-order valence-corrected chi connectivity index (χ0v) is 17.3. The molecule has 1 aromatic rings. The number of carbonyl (C=O) groups is 2. The molecule has 1 aliphatic rings. The largest absolute Gasteiger partial charge is 0.508 e. The van der Waals surface area contributed by atoms with E-state index in [1.165, 1.54) is 58.1 Å². The normalized spacial score (nSPS) is 15.4. The number of fused-ring (bicyclic) bond motifs is 1. The van der Waals surface area contributed by atoms with Gasteiger partial charge < -0.3 is 19.4 Å². The number of unbranched alkanes of at least 4 members (excludes halogenated alkanes) is 9. The maximum Gasteiger partial charge on any atom is 0.342 e. The number of phenolic OH excluding ortho intramolecular Hbond substituents is 1. The Balaban J connectivity index is 1.56. The number of esters is 1. The number of hydrogen-bond donors (Lipinski definition) is 1. The lowest BCUT2D eigenvalue weighted by Gasteiger charge is -2.11. The molecule has 0 fully saturated rings. The molecule has 0 saturated heterocycles. The number of cyclic esters (lactones) is 1. The van der Waals surface area contributed by atoms with Crippen LogP contribution in [-0.4, -0.2) is 24.0 Å². The van der Waals surface area contributed by atoms with E-state index in [0.717, 1.165) is 37.7 Å². The molecule has 1 unspecified atom stereocenters. The van der Waals surface area contributed by atoms with Crippen LogP contribution in [0.15, 0.2) is 12.1 Å². The first-order valence-corrected chi connectivity index (χ1v) is 10.6. The first kappa shape index (κ1) is 22.3. The van der Waals surface area contributed by atoms with Crippen molar-refractivity contribution >= 4 is 11.8 Å². The second-order valence-electron chi connectivity index (χ2n) is 7.78. The molecule has 1 aromatic carbocycles. The number of rotatable bonds is 14. The third kappa shape index (κ3) is 6.84. The summed E-state index contributed by atoms with van der Waals surface area (Å²) < 4.78 is 10.7. The lowest BCUT2D eigenvalue weighted by Crippen LogP contribution is -1.99. The first-order chi connectivity index (χ1) is 13.5. The van der Waals surface area contributed by atoms with Crippen LogP contribution >= 0.6 is 0 Å². The topological polar surface area (TPSA) is 72.8 Å². The van der Waals surface area contributed by atoms with Gasteiger partial charge in [-0.3, -0.25) is 0 Å². The molecule has 0 aliphatic carbocycles. The maximum atomic E-state index is 12.1. The maximum absolute atomic E-state index is 12.1. The van der Waals surface area contributed by atoms with E-state index in [0.29, 0.717) is 17.1 Å². The predicted molar refractivity (Wildman–Crippen MR) is 109 cm³/mol. The Kier molecular flexibility index (Phi) is 9.32. The standard InChI is InChI=1S/C23H34O5/c1-17(24)13-11-9-7-5-3-4-6-8-10-12-14-20-19-15-18(25)16-21(27-2)22(19)23(26)28-20/h15-16,20,25H,3-14H2,1-2H3. The van der Waals surface area contributed by atoms with Gasteiger partial charge >= 0.3 is 5.97 Å². The number of phenols is 1. The molecule has 1 heterocycles. The second kappa shape index (κ2) is 11.7. The van der Waals surface area contributed by atoms with Gasteiger partial charge in [-0.25, -0.2) is 4.79 Å². The Labute approximate surface area is 168 Å². The van der Waals surface area contributed by atoms with Crippen LogP contribution in [0.25, 0.3) is 0 Å². The number of aromatic hydroxyl groups is 1. The van der Waals surface area contributed by atoms with E-state index in [4.69, 9.17) is 9.47 Å². The summed E-state index contributed by atoms with van der Waals surface area (Å²) in [4.78, 5) is 23.0. The Morgan fingerprint density at radius 1 is 1.00 bits per heavy atom. The van der Waals surface area contributed by atoms with E-state index in [1.807, 2.05) is 0 Å². The van der Waals surface area contributed by atoms with Gasteiger partial charge in [-0.05, 0) is 32.3 Å². The van der Waals surface area contributed by atoms with Gasteiger partial charge in [0.15, 0.2) is 0 Å². The molecule has 5 heteroatoms. The number of carbonyl (C=O) groups excluding carboxylic acids is 2. The number of methoxy groups -OCH3 is 1. The smallest absolute Gasteiger partial charge is 0.342 e. The highest BCUT2D eigenvalue weighted by Crippen LogP contribution is 2.41. The van der Waals surface area contributed by atoms with E-state index in [9.17, 15) is 14.7 Å². The van der Waals surface area contributed by atoms with Gasteiger partial charge in [0.1, 0.15) is 28.9 Å². The van der Waals surface area contributed by atoms with Crippen molar-refractivity contribution in [2.75, 3.05) is 7.11 Å². The number of hydrogen-bond acceptors (Lipinski definition) is 5. The van der Waals surface area contributed by atoms with Crippen molar-refractivity contribution in [1.29, 1.82) is 0 Å². The van der Waals surface area contributed by atoms with Crippen molar-refractivity contribution in [3.8, 4) is 11.5 Å². The summed E-state index contributed by atoms with van der Waals surface area (Å²) >= 11 is 0. The van der Waals surface area contributed by atoms with Crippen LogP contribution in [0.5, 0.6) is 11.5 Å². The first-order valence-electron chi connectivity index (χ1n) is 10.6. The average molecular weight is 391 g/mol. The van der Waals surface area contributed by atoms with Crippen LogP contribution in [0.3, 0.4) is 0 Å². The van der Waals surface area contributed by atoms with Crippen molar-refractivity contribution in [2.24, 2.45) is 0 Å². The zero-order valence-electron chi connectivity index (χ0n) is 17.3. The summed E-state index contributed by atoms with van der Waals surface area (Å²) in [5.41, 5.74) is 1.19. The molecule has 2 rings (SSSR count). The number of benzene rings is 1. The van der Waals surface area contributed by atoms with Crippen molar-refractivity contribution in [3.63, 3.8) is 0 Å². The molecule has 0 aromatic heterocycles. The molecule has 0 saturated carbocycles. The van der Waals surface area contributed by atoms with E-state index >= 15 is 0 Å². The Bertz CT molecular complexity index is 653.